The molecule has 0 aliphatic rings. The Morgan fingerprint density at radius 2 is 1.81 bits per heavy atom. The maximum Gasteiger partial charge on any atom is 0.243 e. The molecular weight excluding hydrogens is 314 g/mol. The van der Waals surface area contributed by atoms with E-state index in [9.17, 15) is 13.2 Å². The number of sulfonamides is 1. The van der Waals surface area contributed by atoms with Gasteiger partial charge in [0.05, 0.1) is 11.4 Å². The maximum atomic E-state index is 12.3. The predicted molar refractivity (Wildman–Crippen MR) is 82.8 cm³/mol. The second-order valence-electron chi connectivity index (χ2n) is 4.63. The Morgan fingerprint density at radius 3 is 2.33 bits per heavy atom. The van der Waals surface area contributed by atoms with Crippen LogP contribution in [0, 0.1) is 0 Å². The zero-order chi connectivity index (χ0) is 16.0. The summed E-state index contributed by atoms with van der Waals surface area (Å²) in [6.07, 6.45) is 0. The van der Waals surface area contributed by atoms with Crippen molar-refractivity contribution < 1.29 is 13.2 Å². The average molecular weight is 334 g/mol. The highest BCUT2D eigenvalue weighted by molar-refractivity contribution is 7.89. The summed E-state index contributed by atoms with van der Waals surface area (Å²) in [6, 6.07) is 5.85. The summed E-state index contributed by atoms with van der Waals surface area (Å²) in [4.78, 5) is 13.6. The second kappa shape index (κ2) is 7.74. The molecule has 1 N–H and O–H groups in total. The lowest BCUT2D eigenvalue weighted by atomic mass is 10.4. The van der Waals surface area contributed by atoms with E-state index in [0.717, 1.165) is 4.31 Å². The van der Waals surface area contributed by atoms with Crippen LogP contribution in [0.5, 0.6) is 0 Å². The van der Waals surface area contributed by atoms with Gasteiger partial charge in [0.25, 0.3) is 0 Å². The highest BCUT2D eigenvalue weighted by Crippen LogP contribution is 2.17. The minimum atomic E-state index is -3.69. The quantitative estimate of drug-likeness (QED) is 0.795. The predicted octanol–water partition coefficient (Wildman–Crippen LogP) is 0.638. The van der Waals surface area contributed by atoms with Crippen LogP contribution in [0.2, 0.25) is 5.02 Å². The van der Waals surface area contributed by atoms with Gasteiger partial charge in [-0.3, -0.25) is 4.79 Å². The average Bonchev–Trinajstić information content (AvgIpc) is 2.44. The van der Waals surface area contributed by atoms with Crippen molar-refractivity contribution in [1.82, 2.24) is 14.5 Å². The van der Waals surface area contributed by atoms with Gasteiger partial charge in [-0.25, -0.2) is 8.42 Å². The van der Waals surface area contributed by atoms with E-state index >= 15 is 0 Å². The lowest BCUT2D eigenvalue weighted by molar-refractivity contribution is -0.129. The van der Waals surface area contributed by atoms with Crippen LogP contribution >= 0.6 is 11.6 Å². The summed E-state index contributed by atoms with van der Waals surface area (Å²) in [5.41, 5.74) is 0. The van der Waals surface area contributed by atoms with Crippen molar-refractivity contribution in [3.63, 3.8) is 0 Å². The van der Waals surface area contributed by atoms with Crippen molar-refractivity contribution in [1.29, 1.82) is 0 Å². The fraction of sp³-hybridized carbons (Fsp3) is 0.462. The second-order valence-corrected chi connectivity index (χ2v) is 7.12. The minimum absolute atomic E-state index is 0.111. The van der Waals surface area contributed by atoms with Crippen molar-refractivity contribution in [2.45, 2.75) is 4.90 Å². The van der Waals surface area contributed by atoms with Gasteiger partial charge in [0.2, 0.25) is 15.9 Å². The Kier molecular flexibility index (Phi) is 6.60. The Morgan fingerprint density at radius 1 is 1.24 bits per heavy atom. The molecule has 21 heavy (non-hydrogen) atoms. The standard InChI is InChI=1S/C13H20ClN3O3S/c1-15-8-9-16(2)13(18)10-17(3)21(19,20)12-6-4-11(14)5-7-12/h4-7,15H,8-10H2,1-3H3. The molecule has 0 unspecified atom stereocenters. The molecule has 0 radical (unpaired) electrons. The van der Waals surface area contributed by atoms with Gasteiger partial charge in [0.15, 0.2) is 0 Å². The smallest absolute Gasteiger partial charge is 0.243 e. The van der Waals surface area contributed by atoms with Crippen LogP contribution in [0.15, 0.2) is 29.2 Å². The third kappa shape index (κ3) is 4.96. The third-order valence-corrected chi connectivity index (χ3v) is 5.07. The molecule has 0 aromatic heterocycles. The zero-order valence-electron chi connectivity index (χ0n) is 12.3. The molecule has 1 rings (SSSR count). The molecule has 0 bridgehead atoms. The van der Waals surface area contributed by atoms with E-state index in [1.807, 2.05) is 0 Å². The van der Waals surface area contributed by atoms with Crippen molar-refractivity contribution in [2.24, 2.45) is 0 Å². The number of hydrogen-bond acceptors (Lipinski definition) is 4. The first kappa shape index (κ1) is 17.9. The molecule has 118 valence electrons. The van der Waals surface area contributed by atoms with Crippen molar-refractivity contribution in [3.05, 3.63) is 29.3 Å². The van der Waals surface area contributed by atoms with Gasteiger partial charge >= 0.3 is 0 Å². The summed E-state index contributed by atoms with van der Waals surface area (Å²) in [5.74, 6) is -0.259. The first-order valence-electron chi connectivity index (χ1n) is 6.39. The SMILES string of the molecule is CNCCN(C)C(=O)CN(C)S(=O)(=O)c1ccc(Cl)cc1. The summed E-state index contributed by atoms with van der Waals surface area (Å²) >= 11 is 5.74. The molecule has 0 spiro atoms. The van der Waals surface area contributed by atoms with Gasteiger partial charge in [0.1, 0.15) is 0 Å². The zero-order valence-corrected chi connectivity index (χ0v) is 13.9. The molecule has 6 nitrogen and oxygen atoms in total. The number of nitrogens with zero attached hydrogens (tertiary/aromatic N) is 2. The minimum Gasteiger partial charge on any atom is -0.343 e. The van der Waals surface area contributed by atoms with Gasteiger partial charge < -0.3 is 10.2 Å². The molecule has 1 aromatic carbocycles. The fourth-order valence-electron chi connectivity index (χ4n) is 1.59. The molecule has 0 heterocycles. The van der Waals surface area contributed by atoms with E-state index in [2.05, 4.69) is 5.32 Å². The number of carbonyl (C=O) groups is 1. The number of hydrogen-bond donors (Lipinski definition) is 1. The van der Waals surface area contributed by atoms with Gasteiger partial charge in [0, 0.05) is 32.2 Å². The molecular formula is C13H20ClN3O3S. The molecule has 0 aliphatic carbocycles. The molecule has 0 saturated carbocycles. The van der Waals surface area contributed by atoms with Crippen molar-refractivity contribution >= 4 is 27.5 Å². The first-order valence-corrected chi connectivity index (χ1v) is 8.21. The highest BCUT2D eigenvalue weighted by Gasteiger charge is 2.24. The van der Waals surface area contributed by atoms with E-state index in [1.165, 1.54) is 36.2 Å². The van der Waals surface area contributed by atoms with Crippen LogP contribution < -0.4 is 5.32 Å². The third-order valence-electron chi connectivity index (χ3n) is 3.00. The van der Waals surface area contributed by atoms with Crippen LogP contribution in [-0.2, 0) is 14.8 Å². The number of likely N-dealkylation sites (N-methyl/N-ethyl adjacent to an activating group) is 3. The van der Waals surface area contributed by atoms with E-state index in [-0.39, 0.29) is 17.3 Å². The summed E-state index contributed by atoms with van der Waals surface area (Å²) in [5, 5.41) is 3.39. The summed E-state index contributed by atoms with van der Waals surface area (Å²) in [6.45, 7) is 0.964. The number of rotatable bonds is 7. The highest BCUT2D eigenvalue weighted by atomic mass is 35.5. The van der Waals surface area contributed by atoms with Crippen LogP contribution in [0.3, 0.4) is 0 Å². The lowest BCUT2D eigenvalue weighted by Gasteiger charge is -2.21. The van der Waals surface area contributed by atoms with Crippen molar-refractivity contribution in [2.75, 3.05) is 40.8 Å². The number of nitrogens with one attached hydrogen (secondary N) is 1. The van der Waals surface area contributed by atoms with E-state index in [1.54, 1.807) is 14.1 Å². The fourth-order valence-corrected chi connectivity index (χ4v) is 2.83. The van der Waals surface area contributed by atoms with Gasteiger partial charge in [-0.15, -0.1) is 0 Å². The van der Waals surface area contributed by atoms with Crippen LogP contribution in [-0.4, -0.2) is 64.3 Å². The molecule has 0 fully saturated rings. The molecule has 0 saturated heterocycles. The Balaban J connectivity index is 2.75. The van der Waals surface area contributed by atoms with E-state index in [0.29, 0.717) is 18.1 Å². The monoisotopic (exact) mass is 333 g/mol. The van der Waals surface area contributed by atoms with Crippen LogP contribution in [0.25, 0.3) is 0 Å². The van der Waals surface area contributed by atoms with Gasteiger partial charge in [-0.1, -0.05) is 11.6 Å². The molecule has 0 aliphatic heterocycles. The first-order chi connectivity index (χ1) is 9.78. The Labute approximate surface area is 130 Å². The van der Waals surface area contributed by atoms with E-state index < -0.39 is 10.0 Å². The summed E-state index contributed by atoms with van der Waals surface area (Å²) in [7, 11) is 1.12. The normalized spacial score (nSPS) is 11.7. The topological polar surface area (TPSA) is 69.7 Å². The summed E-state index contributed by atoms with van der Waals surface area (Å²) < 4.78 is 25.7. The number of benzene rings is 1. The number of halogens is 1. The van der Waals surface area contributed by atoms with Crippen molar-refractivity contribution in [3.8, 4) is 0 Å². The number of amides is 1. The lowest BCUT2D eigenvalue weighted by Crippen LogP contribution is -2.41. The Bertz CT molecular complexity index is 575. The Hall–Kier alpha value is -1.15. The number of carbonyl (C=O) groups excluding carboxylic acids is 1. The maximum absolute atomic E-state index is 12.3. The van der Waals surface area contributed by atoms with Crippen LogP contribution in [0.1, 0.15) is 0 Å². The van der Waals surface area contributed by atoms with Crippen LogP contribution in [0.4, 0.5) is 0 Å². The largest absolute Gasteiger partial charge is 0.343 e. The molecule has 1 aromatic rings. The molecule has 1 amide bonds. The van der Waals surface area contributed by atoms with E-state index in [4.69, 9.17) is 11.6 Å². The molecule has 8 heteroatoms. The van der Waals surface area contributed by atoms with Gasteiger partial charge in [-0.2, -0.15) is 4.31 Å². The van der Waals surface area contributed by atoms with Gasteiger partial charge in [-0.05, 0) is 31.3 Å². The molecule has 0 atom stereocenters.